The summed E-state index contributed by atoms with van der Waals surface area (Å²) in [5, 5.41) is 16.0. The monoisotopic (exact) mass is 1610 g/mol. The van der Waals surface area contributed by atoms with Gasteiger partial charge in [-0.05, 0) is 161 Å². The molecule has 0 amide bonds. The van der Waals surface area contributed by atoms with Crippen molar-refractivity contribution < 1.29 is 39.8 Å². The average molecular weight is 1610 g/mol. The van der Waals surface area contributed by atoms with Gasteiger partial charge < -0.3 is 18.9 Å². The van der Waals surface area contributed by atoms with Gasteiger partial charge in [0.25, 0.3) is 0 Å². The summed E-state index contributed by atoms with van der Waals surface area (Å²) >= 11 is -0.826. The fourth-order valence-corrected chi connectivity index (χ4v) is 23.4. The van der Waals surface area contributed by atoms with Crippen molar-refractivity contribution in [2.75, 3.05) is 28.4 Å². The number of ether oxygens (including phenoxy) is 4. The number of hydrogen-bond donors (Lipinski definition) is 0. The number of fused-ring (bicyclic) bond motifs is 8. The summed E-state index contributed by atoms with van der Waals surface area (Å²) < 4.78 is 22.1. The van der Waals surface area contributed by atoms with Crippen LogP contribution in [0.1, 0.15) is 168 Å². The molecular formula is C102H102Cl2O4Si2Zr-4. The van der Waals surface area contributed by atoms with Crippen LogP contribution >= 0.6 is 17.0 Å². The minimum absolute atomic E-state index is 0.174. The van der Waals surface area contributed by atoms with Crippen LogP contribution < -0.4 is 39.7 Å². The molecule has 4 nitrogen and oxygen atoms in total. The van der Waals surface area contributed by atoms with E-state index in [1.807, 2.05) is 0 Å². The summed E-state index contributed by atoms with van der Waals surface area (Å²) in [7, 11) is 14.4. The predicted octanol–water partition coefficient (Wildman–Crippen LogP) is 24.9. The third-order valence-electron chi connectivity index (χ3n) is 23.8. The van der Waals surface area contributed by atoms with E-state index >= 15 is 0 Å². The molecule has 4 unspecified atom stereocenters. The summed E-state index contributed by atoms with van der Waals surface area (Å²) in [4.78, 5) is 0. The molecule has 0 heterocycles. The number of rotatable bonds is 16. The van der Waals surface area contributed by atoms with Gasteiger partial charge in [0, 0.05) is 17.6 Å². The van der Waals surface area contributed by atoms with Crippen molar-refractivity contribution in [2.45, 2.75) is 120 Å². The van der Waals surface area contributed by atoms with Gasteiger partial charge in [0.05, 0.1) is 28.4 Å². The molecule has 0 N–H and O–H groups in total. The average Bonchev–Trinajstić information content (AvgIpc) is 1.59. The maximum atomic E-state index is 5.53. The van der Waals surface area contributed by atoms with Gasteiger partial charge in [0.1, 0.15) is 23.0 Å². The first-order valence-electron chi connectivity index (χ1n) is 39.3. The van der Waals surface area contributed by atoms with E-state index in [1.165, 1.54) is 154 Å². The Hall–Kier alpha value is -8.78. The molecule has 4 aliphatic carbocycles. The third kappa shape index (κ3) is 15.8. The Morgan fingerprint density at radius 1 is 0.297 bits per heavy atom. The van der Waals surface area contributed by atoms with E-state index in [1.54, 1.807) is 49.2 Å². The van der Waals surface area contributed by atoms with E-state index in [2.05, 4.69) is 339 Å². The minimum atomic E-state index is -1.19. The van der Waals surface area contributed by atoms with Crippen molar-refractivity contribution >= 4 is 123 Å². The van der Waals surface area contributed by atoms with Gasteiger partial charge in [-0.3, -0.25) is 0 Å². The fraction of sp³-hybridized carbons (Fsp3) is 0.255. The Morgan fingerprint density at radius 2 is 0.486 bits per heavy atom. The van der Waals surface area contributed by atoms with Gasteiger partial charge in [-0.15, -0.1) is 67.3 Å². The molecule has 12 aromatic rings. The van der Waals surface area contributed by atoms with Crippen LogP contribution in [-0.2, 0) is 20.8 Å². The molecule has 0 aromatic heterocycles. The molecule has 0 aliphatic heterocycles. The number of benzene rings is 8. The fourth-order valence-electron chi connectivity index (χ4n) is 17.8. The molecule has 564 valence electrons. The number of aryl methyl sites for hydroxylation is 4. The van der Waals surface area contributed by atoms with Crippen LogP contribution in [0.5, 0.6) is 23.0 Å². The van der Waals surface area contributed by atoms with Crippen molar-refractivity contribution in [1.82, 2.24) is 0 Å². The van der Waals surface area contributed by atoms with Gasteiger partial charge in [0.2, 0.25) is 0 Å². The van der Waals surface area contributed by atoms with Crippen molar-refractivity contribution in [3.63, 3.8) is 0 Å². The number of hydrogen-bond acceptors (Lipinski definition) is 4. The van der Waals surface area contributed by atoms with Gasteiger partial charge in [-0.25, -0.2) is 0 Å². The molecule has 16 rings (SSSR count). The van der Waals surface area contributed by atoms with Crippen LogP contribution in [0.15, 0.2) is 241 Å². The zero-order valence-electron chi connectivity index (χ0n) is 67.6. The van der Waals surface area contributed by atoms with Crippen molar-refractivity contribution in [1.29, 1.82) is 0 Å². The molecule has 9 heteroatoms. The number of methoxy groups -OCH3 is 4. The molecule has 2 radical (unpaired) electrons. The zero-order valence-corrected chi connectivity index (χ0v) is 73.6. The molecule has 4 atom stereocenters. The molecule has 0 spiro atoms. The molecule has 0 saturated carbocycles. The van der Waals surface area contributed by atoms with E-state index < -0.39 is 38.4 Å². The SMILES string of the molecule is COc1ccc2cc(C3C=CC(C(C)C)=Cc4c3cc(C)[c-]4[Si](C)[c-]3c(C)cc4c3C=C(C(C)C)C=CC4c3ccc4cc(OC)ccc4c3)ccc2c1.COc1ccc2cc(C3C=CC(C(C)C)=Cc4c3cc(C)[c-]4[Si](C)[c-]3c(C)cc4c3C=C(C(C)C)C=CC4c3ccc4cc(OC)ccc4c3)ccc2c1.[Cl][Zr][Cl]. The quantitative estimate of drug-likeness (QED) is 0.0714. The number of allylic oxidation sites excluding steroid dienone is 12. The van der Waals surface area contributed by atoms with Crippen LogP contribution in [-0.4, -0.2) is 46.0 Å². The van der Waals surface area contributed by atoms with E-state index in [0.717, 1.165) is 23.0 Å². The van der Waals surface area contributed by atoms with Crippen molar-refractivity contribution in [3.05, 3.63) is 330 Å². The van der Waals surface area contributed by atoms with E-state index in [4.69, 9.17) is 36.0 Å². The van der Waals surface area contributed by atoms with Crippen molar-refractivity contribution in [2.24, 2.45) is 23.7 Å². The summed E-state index contributed by atoms with van der Waals surface area (Å²) in [6, 6.07) is 63.4. The molecule has 0 bridgehead atoms. The Labute approximate surface area is 681 Å². The maximum absolute atomic E-state index is 5.53. The first kappa shape index (κ1) is 78.9. The second-order valence-electron chi connectivity index (χ2n) is 32.0. The topological polar surface area (TPSA) is 36.9 Å². The van der Waals surface area contributed by atoms with Crippen molar-refractivity contribution in [3.8, 4) is 23.0 Å². The summed E-state index contributed by atoms with van der Waals surface area (Å²) in [6.45, 7) is 33.1. The second-order valence-corrected chi connectivity index (χ2v) is 40.3. The predicted molar refractivity (Wildman–Crippen MR) is 478 cm³/mol. The first-order valence-corrected chi connectivity index (χ1v) is 49.6. The van der Waals surface area contributed by atoms with Gasteiger partial charge in [-0.1, -0.05) is 264 Å². The zero-order chi connectivity index (χ0) is 78.4. The molecular weight excluding hydrogens is 1510 g/mol. The second kappa shape index (κ2) is 33.5. The summed E-state index contributed by atoms with van der Waals surface area (Å²) in [5.74, 6) is 5.97. The van der Waals surface area contributed by atoms with Crippen LogP contribution in [0, 0.1) is 51.4 Å². The van der Waals surface area contributed by atoms with Crippen LogP contribution in [0.3, 0.4) is 0 Å². The van der Waals surface area contributed by atoms with Gasteiger partial charge in [0.15, 0.2) is 0 Å². The molecule has 0 saturated heterocycles. The Balaban J connectivity index is 0.000000178. The number of halogens is 2. The molecule has 0 fully saturated rings. The molecule has 12 aromatic carbocycles. The first-order chi connectivity index (χ1) is 53.5. The normalized spacial score (nSPS) is 16.5. The van der Waals surface area contributed by atoms with E-state index in [9.17, 15) is 0 Å². The van der Waals surface area contributed by atoms with Gasteiger partial charge >= 0.3 is 37.9 Å². The van der Waals surface area contributed by atoms with Gasteiger partial charge in [-0.2, -0.15) is 68.8 Å². The summed E-state index contributed by atoms with van der Waals surface area (Å²) in [5.41, 5.74) is 28.0. The Morgan fingerprint density at radius 3 is 0.676 bits per heavy atom. The molecule has 4 aliphatic rings. The summed E-state index contributed by atoms with van der Waals surface area (Å²) in [6.07, 6.45) is 29.5. The van der Waals surface area contributed by atoms with E-state index in [0.29, 0.717) is 23.7 Å². The van der Waals surface area contributed by atoms with E-state index in [-0.39, 0.29) is 23.7 Å². The van der Waals surface area contributed by atoms with Crippen LogP contribution in [0.25, 0.3) is 67.4 Å². The standard InChI is InChI=1S/2C51H51O2Si.2ClH.Zr/c2*1-30(2)34-16-20-44(40-12-10-38-26-42(52-7)18-14-36(38)24-40)46-22-32(5)50(48(46)28-34)54(9)51-33(6)23-47-45(21-17-35(31(3)4)29-49(47)51)41-13-11-39-27-43(53-8)19-15-37(39)25-41;;;/h2*10-31,44-45H,1-9H3;2*1H;/q2*-2;;;+2/p-2. The third-order valence-corrected chi connectivity index (χ3v) is 29.4. The Bertz CT molecular complexity index is 5100. The molecule has 111 heavy (non-hydrogen) atoms. The Kier molecular flexibility index (Phi) is 23.8. The van der Waals surface area contributed by atoms with Crippen LogP contribution in [0.4, 0.5) is 0 Å². The van der Waals surface area contributed by atoms with Crippen LogP contribution in [0.2, 0.25) is 13.1 Å².